The highest BCUT2D eigenvalue weighted by Gasteiger charge is 2.25. The zero-order valence-corrected chi connectivity index (χ0v) is 19.2. The van der Waals surface area contributed by atoms with Gasteiger partial charge < -0.3 is 4.90 Å². The first-order chi connectivity index (χ1) is 15.5. The third kappa shape index (κ3) is 4.50. The molecule has 1 fully saturated rings. The largest absolute Gasteiger partial charge is 0.356 e. The van der Waals surface area contributed by atoms with Crippen molar-refractivity contribution in [2.45, 2.75) is 18.9 Å². The number of aromatic nitrogens is 3. The van der Waals surface area contributed by atoms with Gasteiger partial charge in [-0.2, -0.15) is 0 Å². The number of nitrogens with one attached hydrogen (secondary N) is 1. The van der Waals surface area contributed by atoms with Crippen molar-refractivity contribution < 1.29 is 8.42 Å². The molecular formula is C23H23N5O2S2. The molecule has 1 aromatic carbocycles. The SMILES string of the molecule is CS(=O)(=O)NC1CCN(c2nc(-c3ccccn3)nc3sc(-c4ccccc4)cc23)CC1. The van der Waals surface area contributed by atoms with E-state index in [2.05, 4.69) is 32.8 Å². The third-order valence-electron chi connectivity index (χ3n) is 5.50. The van der Waals surface area contributed by atoms with Crippen LogP contribution in [-0.4, -0.2) is 48.8 Å². The molecule has 1 aliphatic heterocycles. The summed E-state index contributed by atoms with van der Waals surface area (Å²) in [5, 5.41) is 1.02. The third-order valence-corrected chi connectivity index (χ3v) is 7.34. The molecule has 4 heterocycles. The highest BCUT2D eigenvalue weighted by molar-refractivity contribution is 7.88. The van der Waals surface area contributed by atoms with Gasteiger partial charge in [-0.1, -0.05) is 36.4 Å². The molecule has 1 N–H and O–H groups in total. The van der Waals surface area contributed by atoms with Gasteiger partial charge in [0, 0.05) is 30.2 Å². The van der Waals surface area contributed by atoms with Crippen molar-refractivity contribution >= 4 is 37.4 Å². The number of sulfonamides is 1. The molecule has 0 bridgehead atoms. The van der Waals surface area contributed by atoms with Crippen molar-refractivity contribution in [1.29, 1.82) is 0 Å². The lowest BCUT2D eigenvalue weighted by Crippen LogP contribution is -2.44. The lowest BCUT2D eigenvalue weighted by atomic mass is 10.1. The molecule has 0 amide bonds. The summed E-state index contributed by atoms with van der Waals surface area (Å²) >= 11 is 1.65. The predicted molar refractivity (Wildman–Crippen MR) is 129 cm³/mol. The van der Waals surface area contributed by atoms with Gasteiger partial charge in [0.25, 0.3) is 0 Å². The fraction of sp³-hybridized carbons (Fsp3) is 0.261. The van der Waals surface area contributed by atoms with Crippen LogP contribution in [0.15, 0.2) is 60.8 Å². The standard InChI is InChI=1S/C23H23N5O2S2/c1-32(29,30)27-17-10-13-28(14-11-17)22-18-15-20(16-7-3-2-4-8-16)31-23(18)26-21(25-22)19-9-5-6-12-24-19/h2-9,12,15,17,27H,10-11,13-14H2,1H3. The van der Waals surface area contributed by atoms with E-state index in [0.717, 1.165) is 58.1 Å². The maximum Gasteiger partial charge on any atom is 0.208 e. The smallest absolute Gasteiger partial charge is 0.208 e. The van der Waals surface area contributed by atoms with Crippen LogP contribution in [-0.2, 0) is 10.0 Å². The van der Waals surface area contributed by atoms with Gasteiger partial charge in [-0.25, -0.2) is 23.1 Å². The highest BCUT2D eigenvalue weighted by Crippen LogP contribution is 2.38. The molecule has 0 unspecified atom stereocenters. The molecule has 0 radical (unpaired) electrons. The summed E-state index contributed by atoms with van der Waals surface area (Å²) in [6.07, 6.45) is 4.41. The van der Waals surface area contributed by atoms with Gasteiger partial charge in [0.05, 0.1) is 11.6 Å². The monoisotopic (exact) mass is 465 g/mol. The normalized spacial score (nSPS) is 15.3. The van der Waals surface area contributed by atoms with Crippen LogP contribution >= 0.6 is 11.3 Å². The molecule has 0 saturated carbocycles. The van der Waals surface area contributed by atoms with E-state index in [1.165, 1.54) is 6.26 Å². The lowest BCUT2D eigenvalue weighted by molar-refractivity contribution is 0.460. The summed E-state index contributed by atoms with van der Waals surface area (Å²) in [4.78, 5) is 18.5. The van der Waals surface area contributed by atoms with Gasteiger partial charge >= 0.3 is 0 Å². The zero-order chi connectivity index (χ0) is 22.1. The fourth-order valence-electron chi connectivity index (χ4n) is 4.01. The summed E-state index contributed by atoms with van der Waals surface area (Å²) in [5.74, 6) is 1.48. The van der Waals surface area contributed by atoms with Crippen molar-refractivity contribution in [3.05, 3.63) is 60.8 Å². The summed E-state index contributed by atoms with van der Waals surface area (Å²) in [7, 11) is -3.21. The molecule has 0 spiro atoms. The number of benzene rings is 1. The van der Waals surface area contributed by atoms with Crippen LogP contribution in [0.25, 0.3) is 32.2 Å². The predicted octanol–water partition coefficient (Wildman–Crippen LogP) is 3.94. The van der Waals surface area contributed by atoms with Crippen LogP contribution in [0.5, 0.6) is 0 Å². The minimum atomic E-state index is -3.21. The van der Waals surface area contributed by atoms with Crippen LogP contribution < -0.4 is 9.62 Å². The second-order valence-corrected chi connectivity index (χ2v) is 10.7. The van der Waals surface area contributed by atoms with Gasteiger partial charge in [-0.05, 0) is 36.6 Å². The average molecular weight is 466 g/mol. The Bertz CT molecular complexity index is 1330. The van der Waals surface area contributed by atoms with Crippen LogP contribution in [0.4, 0.5) is 5.82 Å². The second-order valence-electron chi connectivity index (χ2n) is 7.93. The summed E-state index contributed by atoms with van der Waals surface area (Å²) in [6, 6.07) is 18.1. The summed E-state index contributed by atoms with van der Waals surface area (Å²) < 4.78 is 26.0. The Balaban J connectivity index is 1.55. The molecule has 3 aromatic heterocycles. The number of piperidine rings is 1. The molecule has 9 heteroatoms. The Morgan fingerprint density at radius 2 is 1.78 bits per heavy atom. The molecule has 164 valence electrons. The number of hydrogen-bond acceptors (Lipinski definition) is 7. The first kappa shape index (κ1) is 21.0. The van der Waals surface area contributed by atoms with Crippen LogP contribution in [0.2, 0.25) is 0 Å². The van der Waals surface area contributed by atoms with E-state index >= 15 is 0 Å². The summed E-state index contributed by atoms with van der Waals surface area (Å²) in [6.45, 7) is 1.44. The first-order valence-corrected chi connectivity index (χ1v) is 13.2. The number of fused-ring (bicyclic) bond motifs is 1. The van der Waals surface area contributed by atoms with E-state index < -0.39 is 10.0 Å². The van der Waals surface area contributed by atoms with E-state index in [1.54, 1.807) is 17.5 Å². The van der Waals surface area contributed by atoms with Crippen molar-refractivity contribution in [1.82, 2.24) is 19.7 Å². The maximum absolute atomic E-state index is 11.6. The van der Waals surface area contributed by atoms with Gasteiger partial charge in [0.15, 0.2) is 5.82 Å². The number of thiophene rings is 1. The van der Waals surface area contributed by atoms with Crippen molar-refractivity contribution in [3.63, 3.8) is 0 Å². The maximum atomic E-state index is 11.6. The summed E-state index contributed by atoms with van der Waals surface area (Å²) in [5.41, 5.74) is 1.89. The van der Waals surface area contributed by atoms with E-state index in [4.69, 9.17) is 9.97 Å². The molecule has 32 heavy (non-hydrogen) atoms. The Kier molecular flexibility index (Phi) is 5.62. The van der Waals surface area contributed by atoms with Crippen molar-refractivity contribution in [2.24, 2.45) is 0 Å². The Hall–Kier alpha value is -2.88. The van der Waals surface area contributed by atoms with E-state index in [0.29, 0.717) is 5.82 Å². The zero-order valence-electron chi connectivity index (χ0n) is 17.6. The van der Waals surface area contributed by atoms with Crippen LogP contribution in [0.1, 0.15) is 12.8 Å². The lowest BCUT2D eigenvalue weighted by Gasteiger charge is -2.33. The van der Waals surface area contributed by atoms with Crippen LogP contribution in [0, 0.1) is 0 Å². The quantitative estimate of drug-likeness (QED) is 0.480. The Morgan fingerprint density at radius 3 is 2.47 bits per heavy atom. The molecule has 5 rings (SSSR count). The minimum Gasteiger partial charge on any atom is -0.356 e. The molecule has 0 atom stereocenters. The van der Waals surface area contributed by atoms with E-state index in [9.17, 15) is 8.42 Å². The molecule has 0 aliphatic carbocycles. The fourth-order valence-corrected chi connectivity index (χ4v) is 5.89. The average Bonchev–Trinajstić information content (AvgIpc) is 3.23. The van der Waals surface area contributed by atoms with Crippen molar-refractivity contribution in [2.75, 3.05) is 24.2 Å². The molecule has 1 saturated heterocycles. The number of hydrogen-bond donors (Lipinski definition) is 1. The molecule has 7 nitrogen and oxygen atoms in total. The first-order valence-electron chi connectivity index (χ1n) is 10.5. The number of anilines is 1. The van der Waals surface area contributed by atoms with Gasteiger partial charge in [-0.3, -0.25) is 4.98 Å². The Morgan fingerprint density at radius 1 is 1.03 bits per heavy atom. The van der Waals surface area contributed by atoms with Crippen LogP contribution in [0.3, 0.4) is 0 Å². The molecule has 1 aliphatic rings. The molecular weight excluding hydrogens is 442 g/mol. The number of nitrogens with zero attached hydrogens (tertiary/aromatic N) is 4. The Labute approximate surface area is 191 Å². The minimum absolute atomic E-state index is 0.0452. The second kappa shape index (κ2) is 8.57. The van der Waals surface area contributed by atoms with Gasteiger partial charge in [0.1, 0.15) is 16.3 Å². The number of pyridine rings is 1. The van der Waals surface area contributed by atoms with Crippen molar-refractivity contribution in [3.8, 4) is 22.0 Å². The molecule has 4 aromatic rings. The topological polar surface area (TPSA) is 88.1 Å². The van der Waals surface area contributed by atoms with E-state index in [1.807, 2.05) is 36.4 Å². The number of rotatable bonds is 5. The van der Waals surface area contributed by atoms with Gasteiger partial charge in [-0.15, -0.1) is 11.3 Å². The van der Waals surface area contributed by atoms with Gasteiger partial charge in [0.2, 0.25) is 10.0 Å². The van der Waals surface area contributed by atoms with E-state index in [-0.39, 0.29) is 6.04 Å². The highest BCUT2D eigenvalue weighted by atomic mass is 32.2.